The molecule has 0 bridgehead atoms. The highest BCUT2D eigenvalue weighted by atomic mass is 19.4. The Hall–Kier alpha value is -2.51. The van der Waals surface area contributed by atoms with Crippen molar-refractivity contribution < 1.29 is 27.2 Å². The standard InChI is InChI=1S/C17H17F3N2O3/c1-10(23)21-12-6-7-15(17(18,19)20)22(9-12)16(24)14-8-11-4-2-3-5-13(11)25-14/h2-5,8,12,15H,6-7,9H2,1H3,(H,21,23)/t12-,15-/m1/s1. The fraction of sp³-hybridized carbons (Fsp3) is 0.412. The van der Waals surface area contributed by atoms with Crippen molar-refractivity contribution in [3.05, 3.63) is 36.1 Å². The summed E-state index contributed by atoms with van der Waals surface area (Å²) in [6.45, 7) is 1.08. The predicted molar refractivity (Wildman–Crippen MR) is 83.9 cm³/mol. The zero-order valence-corrected chi connectivity index (χ0v) is 13.5. The molecule has 0 spiro atoms. The third-order valence-corrected chi connectivity index (χ3v) is 4.26. The molecule has 0 radical (unpaired) electrons. The maximum Gasteiger partial charge on any atom is 0.408 e. The lowest BCUT2D eigenvalue weighted by atomic mass is 9.97. The van der Waals surface area contributed by atoms with Crippen LogP contribution in [0.5, 0.6) is 0 Å². The SMILES string of the molecule is CC(=O)N[C@@H]1CC[C@H](C(F)(F)F)N(C(=O)c2cc3ccccc3o2)C1. The quantitative estimate of drug-likeness (QED) is 0.901. The number of fused-ring (bicyclic) bond motifs is 1. The van der Waals surface area contributed by atoms with Crippen molar-refractivity contribution in [1.29, 1.82) is 0 Å². The van der Waals surface area contributed by atoms with Crippen LogP contribution in [0.3, 0.4) is 0 Å². The van der Waals surface area contributed by atoms with Gasteiger partial charge in [0.2, 0.25) is 5.91 Å². The molecule has 8 heteroatoms. The second-order valence-electron chi connectivity index (χ2n) is 6.14. The molecule has 1 fully saturated rings. The number of likely N-dealkylation sites (tertiary alicyclic amines) is 1. The van der Waals surface area contributed by atoms with Crippen molar-refractivity contribution in [2.45, 2.75) is 38.0 Å². The minimum atomic E-state index is -4.54. The molecule has 2 amide bonds. The molecule has 0 aliphatic carbocycles. The van der Waals surface area contributed by atoms with Crippen LogP contribution in [0, 0.1) is 0 Å². The summed E-state index contributed by atoms with van der Waals surface area (Å²) < 4.78 is 45.5. The highest BCUT2D eigenvalue weighted by Gasteiger charge is 2.48. The van der Waals surface area contributed by atoms with Crippen LogP contribution >= 0.6 is 0 Å². The van der Waals surface area contributed by atoms with Gasteiger partial charge in [-0.15, -0.1) is 0 Å². The Balaban J connectivity index is 1.90. The second kappa shape index (κ2) is 6.42. The van der Waals surface area contributed by atoms with Gasteiger partial charge in [0.05, 0.1) is 0 Å². The van der Waals surface area contributed by atoms with E-state index in [-0.39, 0.29) is 31.1 Å². The molecule has 0 unspecified atom stereocenters. The average molecular weight is 354 g/mol. The smallest absolute Gasteiger partial charge is 0.408 e. The maximum absolute atomic E-state index is 13.3. The Morgan fingerprint density at radius 3 is 2.60 bits per heavy atom. The number of rotatable bonds is 2. The van der Waals surface area contributed by atoms with Gasteiger partial charge < -0.3 is 14.6 Å². The first-order chi connectivity index (χ1) is 11.8. The molecule has 2 heterocycles. The summed E-state index contributed by atoms with van der Waals surface area (Å²) in [5.74, 6) is -1.31. The van der Waals surface area contributed by atoms with E-state index in [0.29, 0.717) is 11.0 Å². The van der Waals surface area contributed by atoms with E-state index in [1.54, 1.807) is 24.3 Å². The number of hydrogen-bond acceptors (Lipinski definition) is 3. The summed E-state index contributed by atoms with van der Waals surface area (Å²) in [7, 11) is 0. The Kier molecular flexibility index (Phi) is 4.45. The van der Waals surface area contributed by atoms with Gasteiger partial charge in [-0.2, -0.15) is 13.2 Å². The van der Waals surface area contributed by atoms with Crippen molar-refractivity contribution in [2.24, 2.45) is 0 Å². The highest BCUT2D eigenvalue weighted by molar-refractivity contribution is 5.96. The fourth-order valence-electron chi connectivity index (χ4n) is 3.17. The van der Waals surface area contributed by atoms with Crippen molar-refractivity contribution in [2.75, 3.05) is 6.54 Å². The lowest BCUT2D eigenvalue weighted by Crippen LogP contribution is -2.58. The van der Waals surface area contributed by atoms with E-state index in [4.69, 9.17) is 4.42 Å². The van der Waals surface area contributed by atoms with Crippen LogP contribution in [0.1, 0.15) is 30.3 Å². The zero-order valence-electron chi connectivity index (χ0n) is 13.5. The number of piperidine rings is 1. The molecule has 5 nitrogen and oxygen atoms in total. The van der Waals surface area contributed by atoms with Crippen LogP contribution in [0.15, 0.2) is 34.7 Å². The third kappa shape index (κ3) is 3.62. The molecule has 0 saturated carbocycles. The highest BCUT2D eigenvalue weighted by Crippen LogP contribution is 2.33. The van der Waals surface area contributed by atoms with E-state index in [2.05, 4.69) is 5.32 Å². The fourth-order valence-corrected chi connectivity index (χ4v) is 3.17. The van der Waals surface area contributed by atoms with Gasteiger partial charge in [0.15, 0.2) is 5.76 Å². The monoisotopic (exact) mass is 354 g/mol. The average Bonchev–Trinajstić information content (AvgIpc) is 2.96. The summed E-state index contributed by atoms with van der Waals surface area (Å²) in [6.07, 6.45) is -4.64. The number of hydrogen-bond donors (Lipinski definition) is 1. The number of carbonyl (C=O) groups excluding carboxylic acids is 2. The maximum atomic E-state index is 13.3. The molecule has 134 valence electrons. The first kappa shape index (κ1) is 17.3. The van der Waals surface area contributed by atoms with Crippen LogP contribution < -0.4 is 5.32 Å². The van der Waals surface area contributed by atoms with E-state index >= 15 is 0 Å². The van der Waals surface area contributed by atoms with Gasteiger partial charge in [-0.05, 0) is 25.0 Å². The zero-order chi connectivity index (χ0) is 18.2. The number of para-hydroxylation sites is 1. The Morgan fingerprint density at radius 2 is 1.96 bits per heavy atom. The lowest BCUT2D eigenvalue weighted by Gasteiger charge is -2.40. The van der Waals surface area contributed by atoms with Gasteiger partial charge >= 0.3 is 6.18 Å². The number of carbonyl (C=O) groups is 2. The first-order valence-corrected chi connectivity index (χ1v) is 7.89. The third-order valence-electron chi connectivity index (χ3n) is 4.26. The van der Waals surface area contributed by atoms with E-state index in [9.17, 15) is 22.8 Å². The molecule has 2 aromatic rings. The lowest BCUT2D eigenvalue weighted by molar-refractivity contribution is -0.184. The largest absolute Gasteiger partial charge is 0.451 e. The number of nitrogens with zero attached hydrogens (tertiary/aromatic N) is 1. The van der Waals surface area contributed by atoms with Gasteiger partial charge in [-0.25, -0.2) is 0 Å². The molecule has 1 aliphatic rings. The van der Waals surface area contributed by atoms with Crippen LogP contribution in [-0.4, -0.2) is 41.5 Å². The number of alkyl halides is 3. The number of benzene rings is 1. The van der Waals surface area contributed by atoms with Crippen molar-refractivity contribution in [1.82, 2.24) is 10.2 Å². The molecule has 1 aliphatic heterocycles. The normalized spacial score (nSPS) is 21.4. The predicted octanol–water partition coefficient (Wildman–Crippen LogP) is 3.10. The van der Waals surface area contributed by atoms with Crippen molar-refractivity contribution in [3.63, 3.8) is 0 Å². The molecule has 1 saturated heterocycles. The first-order valence-electron chi connectivity index (χ1n) is 7.89. The number of nitrogens with one attached hydrogen (secondary N) is 1. The molecule has 25 heavy (non-hydrogen) atoms. The summed E-state index contributed by atoms with van der Waals surface area (Å²) in [5, 5.41) is 3.23. The van der Waals surface area contributed by atoms with Crippen LogP contribution in [0.4, 0.5) is 13.2 Å². The topological polar surface area (TPSA) is 62.6 Å². The van der Waals surface area contributed by atoms with Gasteiger partial charge in [0, 0.05) is 24.9 Å². The summed E-state index contributed by atoms with van der Waals surface area (Å²) in [6, 6.07) is 5.86. The molecular weight excluding hydrogens is 337 g/mol. The molecule has 3 rings (SSSR count). The van der Waals surface area contributed by atoms with Crippen molar-refractivity contribution in [3.8, 4) is 0 Å². The van der Waals surface area contributed by atoms with E-state index in [1.807, 2.05) is 0 Å². The van der Waals surface area contributed by atoms with Crippen LogP contribution in [-0.2, 0) is 4.79 Å². The molecule has 2 atom stereocenters. The Morgan fingerprint density at radius 1 is 1.24 bits per heavy atom. The van der Waals surface area contributed by atoms with Crippen LogP contribution in [0.2, 0.25) is 0 Å². The van der Waals surface area contributed by atoms with E-state index in [1.165, 1.54) is 13.0 Å². The van der Waals surface area contributed by atoms with E-state index < -0.39 is 24.2 Å². The number of halogens is 3. The number of furan rings is 1. The number of amides is 2. The molecular formula is C17H17F3N2O3. The Labute approximate surface area is 141 Å². The summed E-state index contributed by atoms with van der Waals surface area (Å²) in [4.78, 5) is 24.6. The van der Waals surface area contributed by atoms with Gasteiger partial charge in [0.25, 0.3) is 5.91 Å². The van der Waals surface area contributed by atoms with Gasteiger partial charge in [-0.1, -0.05) is 18.2 Å². The molecule has 1 aromatic carbocycles. The second-order valence-corrected chi connectivity index (χ2v) is 6.14. The minimum absolute atomic E-state index is 0.140. The summed E-state index contributed by atoms with van der Waals surface area (Å²) >= 11 is 0. The van der Waals surface area contributed by atoms with E-state index in [0.717, 1.165) is 4.90 Å². The van der Waals surface area contributed by atoms with Gasteiger partial charge in [0.1, 0.15) is 11.6 Å². The Bertz CT molecular complexity index is 767. The molecule has 1 N–H and O–H groups in total. The summed E-state index contributed by atoms with van der Waals surface area (Å²) in [5.41, 5.74) is 0.435. The molecule has 1 aromatic heterocycles. The minimum Gasteiger partial charge on any atom is -0.451 e. The van der Waals surface area contributed by atoms with Crippen molar-refractivity contribution >= 4 is 22.8 Å². The van der Waals surface area contributed by atoms with Gasteiger partial charge in [-0.3, -0.25) is 9.59 Å². The van der Waals surface area contributed by atoms with Crippen LogP contribution in [0.25, 0.3) is 11.0 Å².